The lowest BCUT2D eigenvalue weighted by Gasteiger charge is -2.12. The van der Waals surface area contributed by atoms with Crippen LogP contribution in [0.15, 0.2) is 24.3 Å². The number of hydrogen-bond acceptors (Lipinski definition) is 3. The molecule has 0 aromatic heterocycles. The number of benzene rings is 1. The molecule has 0 spiro atoms. The second kappa shape index (κ2) is 7.46. The van der Waals surface area contributed by atoms with E-state index in [2.05, 4.69) is 25.2 Å². The Bertz CT molecular complexity index is 473. The van der Waals surface area contributed by atoms with Crippen LogP contribution in [0.5, 0.6) is 5.75 Å². The third-order valence-electron chi connectivity index (χ3n) is 4.00. The van der Waals surface area contributed by atoms with Crippen LogP contribution in [0.25, 0.3) is 0 Å². The Morgan fingerprint density at radius 1 is 1.43 bits per heavy atom. The zero-order valence-electron chi connectivity index (χ0n) is 12.8. The largest absolute Gasteiger partial charge is 0.484 e. The molecule has 2 N–H and O–H groups in total. The standard InChI is InChI=1S/C17H25NO3/c1-12(2)14-4-3-5-16(9-14)21-11-17(20)18-10-13-6-7-15(19)8-13/h3-5,9,12-13,15,19H,6-8,10-11H2,1-2H3,(H,18,20). The highest BCUT2D eigenvalue weighted by atomic mass is 16.5. The molecule has 2 unspecified atom stereocenters. The number of nitrogens with one attached hydrogen (secondary N) is 1. The molecule has 1 amide bonds. The van der Waals surface area contributed by atoms with Gasteiger partial charge < -0.3 is 15.2 Å². The summed E-state index contributed by atoms with van der Waals surface area (Å²) in [5, 5.41) is 12.3. The number of carbonyl (C=O) groups excluding carboxylic acids is 1. The van der Waals surface area contributed by atoms with E-state index in [-0.39, 0.29) is 18.6 Å². The first-order valence-electron chi connectivity index (χ1n) is 7.72. The van der Waals surface area contributed by atoms with Crippen LogP contribution in [0.3, 0.4) is 0 Å². The quantitative estimate of drug-likeness (QED) is 0.846. The summed E-state index contributed by atoms with van der Waals surface area (Å²) < 4.78 is 5.53. The van der Waals surface area contributed by atoms with Crippen molar-refractivity contribution in [2.75, 3.05) is 13.2 Å². The lowest BCUT2D eigenvalue weighted by atomic mass is 10.0. The van der Waals surface area contributed by atoms with Crippen molar-refractivity contribution in [2.45, 2.75) is 45.1 Å². The van der Waals surface area contributed by atoms with Crippen molar-refractivity contribution >= 4 is 5.91 Å². The Kier molecular flexibility index (Phi) is 5.62. The minimum Gasteiger partial charge on any atom is -0.484 e. The van der Waals surface area contributed by atoms with Crippen molar-refractivity contribution in [2.24, 2.45) is 5.92 Å². The molecule has 21 heavy (non-hydrogen) atoms. The lowest BCUT2D eigenvalue weighted by molar-refractivity contribution is -0.123. The van der Waals surface area contributed by atoms with E-state index in [1.807, 2.05) is 18.2 Å². The van der Waals surface area contributed by atoms with Crippen LogP contribution in [0.4, 0.5) is 0 Å². The molecule has 2 atom stereocenters. The molecule has 2 rings (SSSR count). The summed E-state index contributed by atoms with van der Waals surface area (Å²) in [6.07, 6.45) is 2.43. The maximum atomic E-state index is 11.8. The van der Waals surface area contributed by atoms with Crippen LogP contribution < -0.4 is 10.1 Å². The van der Waals surface area contributed by atoms with Crippen molar-refractivity contribution in [3.05, 3.63) is 29.8 Å². The molecule has 1 fully saturated rings. The Morgan fingerprint density at radius 2 is 2.24 bits per heavy atom. The fourth-order valence-corrected chi connectivity index (χ4v) is 2.66. The molecule has 1 aromatic rings. The number of carbonyl (C=O) groups is 1. The van der Waals surface area contributed by atoms with Gasteiger partial charge in [0.15, 0.2) is 6.61 Å². The monoisotopic (exact) mass is 291 g/mol. The fraction of sp³-hybridized carbons (Fsp3) is 0.588. The number of rotatable bonds is 6. The Morgan fingerprint density at radius 3 is 2.90 bits per heavy atom. The number of hydrogen-bond donors (Lipinski definition) is 2. The molecule has 1 aromatic carbocycles. The van der Waals surface area contributed by atoms with Crippen molar-refractivity contribution in [3.63, 3.8) is 0 Å². The normalized spacial score (nSPS) is 21.5. The van der Waals surface area contributed by atoms with Crippen LogP contribution in [0.2, 0.25) is 0 Å². The van der Waals surface area contributed by atoms with Crippen LogP contribution in [0.1, 0.15) is 44.6 Å². The number of aliphatic hydroxyl groups excluding tert-OH is 1. The summed E-state index contributed by atoms with van der Waals surface area (Å²) >= 11 is 0. The molecule has 1 aliphatic carbocycles. The van der Waals surface area contributed by atoms with Gasteiger partial charge in [0.2, 0.25) is 0 Å². The number of aliphatic hydroxyl groups is 1. The molecule has 4 nitrogen and oxygen atoms in total. The third-order valence-corrected chi connectivity index (χ3v) is 4.00. The smallest absolute Gasteiger partial charge is 0.257 e. The van der Waals surface area contributed by atoms with Gasteiger partial charge in [-0.25, -0.2) is 0 Å². The molecule has 0 aliphatic heterocycles. The van der Waals surface area contributed by atoms with Crippen LogP contribution in [-0.4, -0.2) is 30.3 Å². The lowest BCUT2D eigenvalue weighted by Crippen LogP contribution is -2.32. The van der Waals surface area contributed by atoms with Gasteiger partial charge >= 0.3 is 0 Å². The fourth-order valence-electron chi connectivity index (χ4n) is 2.66. The third kappa shape index (κ3) is 5.05. The van der Waals surface area contributed by atoms with E-state index in [1.165, 1.54) is 5.56 Å². The summed E-state index contributed by atoms with van der Waals surface area (Å²) in [4.78, 5) is 11.8. The SMILES string of the molecule is CC(C)c1cccc(OCC(=O)NCC2CCC(O)C2)c1. The van der Waals surface area contributed by atoms with E-state index >= 15 is 0 Å². The summed E-state index contributed by atoms with van der Waals surface area (Å²) in [7, 11) is 0. The van der Waals surface area contributed by atoms with Gasteiger partial charge in [-0.1, -0.05) is 26.0 Å². The molecule has 116 valence electrons. The molecule has 0 saturated heterocycles. The predicted octanol–water partition coefficient (Wildman–Crippen LogP) is 2.47. The molecule has 4 heteroatoms. The van der Waals surface area contributed by atoms with Gasteiger partial charge in [-0.15, -0.1) is 0 Å². The highest BCUT2D eigenvalue weighted by molar-refractivity contribution is 5.77. The van der Waals surface area contributed by atoms with Crippen LogP contribution >= 0.6 is 0 Å². The van der Waals surface area contributed by atoms with Gasteiger partial charge in [0.25, 0.3) is 5.91 Å². The Balaban J connectivity index is 1.72. The van der Waals surface area contributed by atoms with E-state index in [1.54, 1.807) is 0 Å². The Hall–Kier alpha value is -1.55. The molecule has 0 heterocycles. The highest BCUT2D eigenvalue weighted by Crippen LogP contribution is 2.24. The second-order valence-corrected chi connectivity index (χ2v) is 6.15. The van der Waals surface area contributed by atoms with E-state index < -0.39 is 0 Å². The van der Waals surface area contributed by atoms with Gasteiger partial charge in [-0.2, -0.15) is 0 Å². The van der Waals surface area contributed by atoms with Crippen molar-refractivity contribution in [3.8, 4) is 5.75 Å². The van der Waals surface area contributed by atoms with Crippen molar-refractivity contribution < 1.29 is 14.6 Å². The zero-order chi connectivity index (χ0) is 15.2. The second-order valence-electron chi connectivity index (χ2n) is 6.15. The van der Waals surface area contributed by atoms with Gasteiger partial charge in [-0.05, 0) is 48.8 Å². The summed E-state index contributed by atoms with van der Waals surface area (Å²) in [6, 6.07) is 7.85. The molecule has 1 aliphatic rings. The first-order valence-corrected chi connectivity index (χ1v) is 7.72. The summed E-state index contributed by atoms with van der Waals surface area (Å²) in [5.74, 6) is 1.46. The Labute approximate surface area is 126 Å². The first kappa shape index (κ1) is 15.8. The van der Waals surface area contributed by atoms with E-state index in [0.29, 0.717) is 18.4 Å². The predicted molar refractivity (Wildman–Crippen MR) is 82.4 cm³/mol. The average Bonchev–Trinajstić information content (AvgIpc) is 2.89. The summed E-state index contributed by atoms with van der Waals surface area (Å²) in [6.45, 7) is 4.92. The van der Waals surface area contributed by atoms with Crippen LogP contribution in [-0.2, 0) is 4.79 Å². The van der Waals surface area contributed by atoms with Gasteiger partial charge in [0.1, 0.15) is 5.75 Å². The van der Waals surface area contributed by atoms with E-state index in [9.17, 15) is 9.90 Å². The number of amides is 1. The summed E-state index contributed by atoms with van der Waals surface area (Å²) in [5.41, 5.74) is 1.20. The minimum absolute atomic E-state index is 0.0385. The van der Waals surface area contributed by atoms with Gasteiger partial charge in [0, 0.05) is 6.54 Å². The van der Waals surface area contributed by atoms with E-state index in [0.717, 1.165) is 25.0 Å². The molecule has 1 saturated carbocycles. The average molecular weight is 291 g/mol. The van der Waals surface area contributed by atoms with E-state index in [4.69, 9.17) is 4.74 Å². The minimum atomic E-state index is -0.193. The first-order chi connectivity index (χ1) is 10.0. The topological polar surface area (TPSA) is 58.6 Å². The maximum Gasteiger partial charge on any atom is 0.257 e. The molecular formula is C17H25NO3. The van der Waals surface area contributed by atoms with Gasteiger partial charge in [0.05, 0.1) is 6.10 Å². The molecule has 0 radical (unpaired) electrons. The zero-order valence-corrected chi connectivity index (χ0v) is 12.8. The van der Waals surface area contributed by atoms with Crippen LogP contribution in [0, 0.1) is 5.92 Å². The van der Waals surface area contributed by atoms with Gasteiger partial charge in [-0.3, -0.25) is 4.79 Å². The molecular weight excluding hydrogens is 266 g/mol. The van der Waals surface area contributed by atoms with Crippen molar-refractivity contribution in [1.82, 2.24) is 5.32 Å². The highest BCUT2D eigenvalue weighted by Gasteiger charge is 2.22. The molecule has 0 bridgehead atoms. The maximum absolute atomic E-state index is 11.8. The van der Waals surface area contributed by atoms with Crippen molar-refractivity contribution in [1.29, 1.82) is 0 Å². The number of ether oxygens (including phenoxy) is 1.